The van der Waals surface area contributed by atoms with Gasteiger partial charge in [-0.05, 0) is 49.6 Å². The number of fused-ring (bicyclic) bond motifs is 1. The van der Waals surface area contributed by atoms with E-state index in [1.165, 1.54) is 11.5 Å². The molecule has 25 heavy (non-hydrogen) atoms. The summed E-state index contributed by atoms with van der Waals surface area (Å²) in [5.74, 6) is 0.828. The molecule has 3 aromatic rings. The van der Waals surface area contributed by atoms with E-state index in [4.69, 9.17) is 4.74 Å². The van der Waals surface area contributed by atoms with Crippen molar-refractivity contribution in [1.29, 1.82) is 0 Å². The summed E-state index contributed by atoms with van der Waals surface area (Å²) in [6, 6.07) is 7.77. The van der Waals surface area contributed by atoms with Crippen LogP contribution in [0.4, 0.5) is 5.00 Å². The van der Waals surface area contributed by atoms with Gasteiger partial charge in [-0.15, -0.1) is 0 Å². The third-order valence-electron chi connectivity index (χ3n) is 4.64. The van der Waals surface area contributed by atoms with E-state index >= 15 is 0 Å². The second-order valence-electron chi connectivity index (χ2n) is 6.11. The number of rotatable bonds is 3. The Morgan fingerprint density at radius 3 is 2.76 bits per heavy atom. The van der Waals surface area contributed by atoms with Gasteiger partial charge in [0.05, 0.1) is 24.7 Å². The van der Waals surface area contributed by atoms with Gasteiger partial charge in [-0.3, -0.25) is 4.79 Å². The van der Waals surface area contributed by atoms with Gasteiger partial charge in [0.2, 0.25) is 5.91 Å². The molecule has 0 spiro atoms. The fourth-order valence-electron chi connectivity index (χ4n) is 3.36. The highest BCUT2D eigenvalue weighted by Gasteiger charge is 2.32. The number of methoxy groups -OCH3 is 1. The molecule has 0 saturated heterocycles. The summed E-state index contributed by atoms with van der Waals surface area (Å²) in [4.78, 5) is 12.1. The number of carbonyl (C=O) groups excluding carboxylic acids is 1. The third kappa shape index (κ3) is 2.60. The summed E-state index contributed by atoms with van der Waals surface area (Å²) < 4.78 is 11.5. The van der Waals surface area contributed by atoms with Crippen molar-refractivity contribution in [3.05, 3.63) is 53.0 Å². The van der Waals surface area contributed by atoms with Crippen molar-refractivity contribution in [3.63, 3.8) is 0 Å². The molecular weight excluding hydrogens is 336 g/mol. The smallest absolute Gasteiger partial charge is 0.225 e. The number of hydrogen-bond donors (Lipinski definition) is 1. The quantitative estimate of drug-likeness (QED) is 0.782. The van der Waals surface area contributed by atoms with Gasteiger partial charge in [0.15, 0.2) is 0 Å². The van der Waals surface area contributed by atoms with Crippen LogP contribution in [0.3, 0.4) is 0 Å². The van der Waals surface area contributed by atoms with Crippen LogP contribution in [0.5, 0.6) is 5.75 Å². The van der Waals surface area contributed by atoms with E-state index in [1.54, 1.807) is 7.11 Å². The number of hydrogen-bond acceptors (Lipinski definition) is 5. The molecule has 3 heterocycles. The van der Waals surface area contributed by atoms with Crippen LogP contribution >= 0.6 is 11.5 Å². The number of aryl methyl sites for hydroxylation is 1. The molecule has 1 aromatic carbocycles. The first-order valence-corrected chi connectivity index (χ1v) is 8.80. The lowest BCUT2D eigenvalue weighted by molar-refractivity contribution is -0.116. The van der Waals surface area contributed by atoms with Crippen molar-refractivity contribution in [2.75, 3.05) is 12.4 Å². The number of carbonyl (C=O) groups is 1. The topological polar surface area (TPSA) is 69.0 Å². The van der Waals surface area contributed by atoms with Crippen LogP contribution in [-0.2, 0) is 4.79 Å². The maximum Gasteiger partial charge on any atom is 0.225 e. The van der Waals surface area contributed by atoms with Gasteiger partial charge in [-0.1, -0.05) is 0 Å². The van der Waals surface area contributed by atoms with Crippen LogP contribution in [-0.4, -0.2) is 27.2 Å². The van der Waals surface area contributed by atoms with E-state index in [9.17, 15) is 4.79 Å². The summed E-state index contributed by atoms with van der Waals surface area (Å²) in [7, 11) is 1.65. The minimum Gasteiger partial charge on any atom is -0.497 e. The molecule has 0 saturated carbocycles. The highest BCUT2D eigenvalue weighted by molar-refractivity contribution is 7.10. The van der Waals surface area contributed by atoms with Gasteiger partial charge in [-0.2, -0.15) is 9.47 Å². The lowest BCUT2D eigenvalue weighted by Crippen LogP contribution is -2.23. The Labute approximate surface area is 149 Å². The van der Waals surface area contributed by atoms with Crippen LogP contribution in [0.15, 0.2) is 30.5 Å². The van der Waals surface area contributed by atoms with E-state index < -0.39 is 0 Å². The Hall–Kier alpha value is -2.67. The second kappa shape index (κ2) is 6.00. The molecule has 1 amide bonds. The molecule has 0 aliphatic carbocycles. The van der Waals surface area contributed by atoms with Crippen LogP contribution < -0.4 is 10.1 Å². The van der Waals surface area contributed by atoms with Crippen molar-refractivity contribution in [3.8, 4) is 11.4 Å². The number of amides is 1. The fourth-order valence-corrected chi connectivity index (χ4v) is 4.23. The standard InChI is InChI=1S/C18H18N4O2S/c1-10-17-14(8-16(23)20-18(17)25-21-10)15-9-19-22(11(15)2)12-4-6-13(24-3)7-5-12/h4-7,9,14H,8H2,1-3H3,(H,20,23). The average Bonchev–Trinajstić information content (AvgIpc) is 3.17. The summed E-state index contributed by atoms with van der Waals surface area (Å²) in [5, 5.41) is 8.34. The van der Waals surface area contributed by atoms with Crippen LogP contribution in [0, 0.1) is 13.8 Å². The van der Waals surface area contributed by atoms with Gasteiger partial charge in [0, 0.05) is 29.2 Å². The van der Waals surface area contributed by atoms with Crippen molar-refractivity contribution >= 4 is 22.4 Å². The van der Waals surface area contributed by atoms with Gasteiger partial charge >= 0.3 is 0 Å². The number of anilines is 1. The maximum absolute atomic E-state index is 12.1. The Morgan fingerprint density at radius 2 is 2.04 bits per heavy atom. The zero-order chi connectivity index (χ0) is 17.6. The summed E-state index contributed by atoms with van der Waals surface area (Å²) in [6.45, 7) is 4.02. The van der Waals surface area contributed by atoms with Gasteiger partial charge in [0.25, 0.3) is 0 Å². The van der Waals surface area contributed by atoms with Gasteiger partial charge in [0.1, 0.15) is 10.8 Å². The molecule has 128 valence electrons. The third-order valence-corrected chi connectivity index (χ3v) is 5.51. The first-order chi connectivity index (χ1) is 12.1. The molecule has 1 N–H and O–H groups in total. The van der Waals surface area contributed by atoms with Crippen LogP contribution in [0.2, 0.25) is 0 Å². The van der Waals surface area contributed by atoms with Crippen LogP contribution in [0.25, 0.3) is 5.69 Å². The Kier molecular flexibility index (Phi) is 3.80. The molecule has 2 aromatic heterocycles. The zero-order valence-electron chi connectivity index (χ0n) is 14.2. The second-order valence-corrected chi connectivity index (χ2v) is 6.88. The molecular formula is C18H18N4O2S. The first-order valence-electron chi connectivity index (χ1n) is 8.03. The molecule has 1 atom stereocenters. The molecule has 1 aliphatic heterocycles. The molecule has 0 fully saturated rings. The molecule has 0 radical (unpaired) electrons. The van der Waals surface area contributed by atoms with Crippen molar-refractivity contribution in [2.45, 2.75) is 26.2 Å². The zero-order valence-corrected chi connectivity index (χ0v) is 15.1. The molecule has 1 aliphatic rings. The maximum atomic E-state index is 12.1. The minimum absolute atomic E-state index is 0.00509. The lowest BCUT2D eigenvalue weighted by atomic mass is 9.86. The van der Waals surface area contributed by atoms with E-state index in [1.807, 2.05) is 49.0 Å². The summed E-state index contributed by atoms with van der Waals surface area (Å²) in [5.41, 5.74) is 5.14. The predicted octanol–water partition coefficient (Wildman–Crippen LogP) is 3.43. The highest BCUT2D eigenvalue weighted by Crippen LogP contribution is 2.42. The Bertz CT molecular complexity index is 943. The van der Waals surface area contributed by atoms with E-state index in [0.717, 1.165) is 39.0 Å². The normalized spacial score (nSPS) is 16.4. The fraction of sp³-hybridized carbons (Fsp3) is 0.278. The summed E-state index contributed by atoms with van der Waals surface area (Å²) in [6.07, 6.45) is 2.28. The number of aromatic nitrogens is 3. The Morgan fingerprint density at radius 1 is 1.28 bits per heavy atom. The van der Waals surface area contributed by atoms with Crippen molar-refractivity contribution < 1.29 is 9.53 Å². The molecule has 7 heteroatoms. The van der Waals surface area contributed by atoms with Crippen molar-refractivity contribution in [2.24, 2.45) is 0 Å². The van der Waals surface area contributed by atoms with Crippen LogP contribution in [0.1, 0.15) is 34.9 Å². The number of nitrogens with zero attached hydrogens (tertiary/aromatic N) is 3. The minimum atomic E-state index is -0.00509. The predicted molar refractivity (Wildman–Crippen MR) is 96.8 cm³/mol. The first kappa shape index (κ1) is 15.8. The SMILES string of the molecule is COc1ccc(-n2ncc(C3CC(=O)Nc4snc(C)c43)c2C)cc1. The molecule has 0 bridgehead atoms. The Balaban J connectivity index is 1.76. The molecule has 4 rings (SSSR count). The largest absolute Gasteiger partial charge is 0.497 e. The van der Waals surface area contributed by atoms with E-state index in [0.29, 0.717) is 6.42 Å². The molecule has 1 unspecified atom stereocenters. The summed E-state index contributed by atoms with van der Waals surface area (Å²) >= 11 is 1.34. The number of benzene rings is 1. The number of nitrogens with one attached hydrogen (secondary N) is 1. The monoisotopic (exact) mass is 354 g/mol. The number of ether oxygens (including phenoxy) is 1. The average molecular weight is 354 g/mol. The highest BCUT2D eigenvalue weighted by atomic mass is 32.1. The van der Waals surface area contributed by atoms with Crippen molar-refractivity contribution in [1.82, 2.24) is 14.2 Å². The van der Waals surface area contributed by atoms with E-state index in [-0.39, 0.29) is 11.8 Å². The van der Waals surface area contributed by atoms with E-state index in [2.05, 4.69) is 14.8 Å². The van der Waals surface area contributed by atoms with Gasteiger partial charge in [-0.25, -0.2) is 4.68 Å². The molecule has 6 nitrogen and oxygen atoms in total. The van der Waals surface area contributed by atoms with Gasteiger partial charge < -0.3 is 10.1 Å². The lowest BCUT2D eigenvalue weighted by Gasteiger charge is -2.22.